The molecule has 4 amide bonds. The fourth-order valence-corrected chi connectivity index (χ4v) is 2.90. The van der Waals surface area contributed by atoms with Crippen LogP contribution in [-0.4, -0.2) is 41.7 Å². The molecule has 1 fully saturated rings. The number of imide groups is 2. The summed E-state index contributed by atoms with van der Waals surface area (Å²) in [6.45, 7) is -0.133. The van der Waals surface area contributed by atoms with E-state index in [1.165, 1.54) is 32.3 Å². The van der Waals surface area contributed by atoms with Gasteiger partial charge in [-0.25, -0.2) is 9.18 Å². The van der Waals surface area contributed by atoms with Crippen LogP contribution in [0.4, 0.5) is 9.18 Å². The third kappa shape index (κ3) is 3.61. The molecule has 3 rings (SSSR count). The van der Waals surface area contributed by atoms with Crippen LogP contribution in [0, 0.1) is 5.82 Å². The first-order valence-corrected chi connectivity index (χ1v) is 8.65. The summed E-state index contributed by atoms with van der Waals surface area (Å²) in [4.78, 5) is 38.3. The Morgan fingerprint density at radius 1 is 1.00 bits per heavy atom. The Kier molecular flexibility index (Phi) is 5.46. The number of urea groups is 1. The van der Waals surface area contributed by atoms with Crippen LogP contribution in [-0.2, 0) is 16.2 Å². The normalized spacial score (nSPS) is 14.6. The van der Waals surface area contributed by atoms with Gasteiger partial charge in [0.2, 0.25) is 0 Å². The maximum atomic E-state index is 13.9. The lowest BCUT2D eigenvalue weighted by Crippen LogP contribution is -2.52. The van der Waals surface area contributed by atoms with Gasteiger partial charge in [-0.05, 0) is 24.3 Å². The molecule has 0 radical (unpaired) electrons. The van der Waals surface area contributed by atoms with Crippen molar-refractivity contribution in [2.45, 2.75) is 6.61 Å². The number of benzene rings is 2. The van der Waals surface area contributed by atoms with Gasteiger partial charge < -0.3 is 4.74 Å². The predicted octanol–water partition coefficient (Wildman–Crippen LogP) is 3.49. The van der Waals surface area contributed by atoms with Crippen LogP contribution in [0.1, 0.15) is 11.1 Å². The van der Waals surface area contributed by atoms with E-state index in [2.05, 4.69) is 0 Å². The molecule has 2 aromatic rings. The Bertz CT molecular complexity index is 959. The van der Waals surface area contributed by atoms with Crippen LogP contribution < -0.4 is 4.74 Å². The monoisotopic (exact) mass is 402 g/mol. The van der Waals surface area contributed by atoms with E-state index in [0.717, 1.165) is 9.80 Å². The summed E-state index contributed by atoms with van der Waals surface area (Å²) >= 11 is 6.01. The van der Waals surface area contributed by atoms with Crippen LogP contribution in [0.25, 0.3) is 6.08 Å². The molecular weight excluding hydrogens is 387 g/mol. The number of hydrogen-bond donors (Lipinski definition) is 0. The molecule has 28 heavy (non-hydrogen) atoms. The van der Waals surface area contributed by atoms with Gasteiger partial charge in [0.25, 0.3) is 11.8 Å². The average Bonchev–Trinajstić information content (AvgIpc) is 2.68. The molecule has 0 aliphatic carbocycles. The fraction of sp³-hybridized carbons (Fsp3) is 0.150. The lowest BCUT2D eigenvalue weighted by molar-refractivity contribution is -0.134. The molecule has 1 aliphatic rings. The van der Waals surface area contributed by atoms with Crippen molar-refractivity contribution < 1.29 is 23.5 Å². The first-order valence-electron chi connectivity index (χ1n) is 8.27. The van der Waals surface area contributed by atoms with Crippen LogP contribution in [0.3, 0.4) is 0 Å². The predicted molar refractivity (Wildman–Crippen MR) is 101 cm³/mol. The van der Waals surface area contributed by atoms with E-state index in [0.29, 0.717) is 11.3 Å². The molecule has 1 heterocycles. The summed E-state index contributed by atoms with van der Waals surface area (Å²) in [7, 11) is 2.59. The number of para-hydroxylation sites is 1. The number of nitrogens with zero attached hydrogens (tertiary/aromatic N) is 2. The van der Waals surface area contributed by atoms with Crippen LogP contribution >= 0.6 is 11.6 Å². The number of ether oxygens (including phenoxy) is 1. The Balaban J connectivity index is 1.92. The lowest BCUT2D eigenvalue weighted by atomic mass is 10.1. The van der Waals surface area contributed by atoms with Crippen molar-refractivity contribution in [1.29, 1.82) is 0 Å². The molecule has 144 valence electrons. The minimum Gasteiger partial charge on any atom is -0.488 e. The van der Waals surface area contributed by atoms with E-state index in [1.54, 1.807) is 30.3 Å². The zero-order valence-electron chi connectivity index (χ0n) is 15.1. The summed E-state index contributed by atoms with van der Waals surface area (Å²) in [5.41, 5.74) is 0.453. The highest BCUT2D eigenvalue weighted by Crippen LogP contribution is 2.26. The Hall–Kier alpha value is -3.19. The average molecular weight is 403 g/mol. The van der Waals surface area contributed by atoms with E-state index in [-0.39, 0.29) is 22.8 Å². The molecule has 1 saturated heterocycles. The minimum atomic E-state index is -0.708. The molecule has 1 aliphatic heterocycles. The smallest absolute Gasteiger partial charge is 0.333 e. The van der Waals surface area contributed by atoms with E-state index in [1.807, 2.05) is 0 Å². The third-order valence-corrected chi connectivity index (χ3v) is 4.65. The minimum absolute atomic E-state index is 0.133. The van der Waals surface area contributed by atoms with Gasteiger partial charge in [0.15, 0.2) is 0 Å². The highest BCUT2D eigenvalue weighted by Gasteiger charge is 2.37. The zero-order chi connectivity index (χ0) is 20.4. The second-order valence-corrected chi connectivity index (χ2v) is 6.50. The summed E-state index contributed by atoms with van der Waals surface area (Å²) in [5, 5.41) is 0.232. The molecule has 0 unspecified atom stereocenters. The largest absolute Gasteiger partial charge is 0.488 e. The van der Waals surface area contributed by atoms with Crippen LogP contribution in [0.15, 0.2) is 48.0 Å². The number of carbonyl (C=O) groups excluding carboxylic acids is 3. The number of halogens is 2. The Morgan fingerprint density at radius 2 is 1.64 bits per heavy atom. The fourth-order valence-electron chi connectivity index (χ4n) is 2.68. The molecule has 0 aromatic heterocycles. The van der Waals surface area contributed by atoms with Crippen molar-refractivity contribution >= 4 is 35.5 Å². The van der Waals surface area contributed by atoms with Crippen LogP contribution in [0.2, 0.25) is 5.02 Å². The van der Waals surface area contributed by atoms with Gasteiger partial charge in [-0.1, -0.05) is 35.9 Å². The first-order chi connectivity index (χ1) is 13.3. The van der Waals surface area contributed by atoms with Crippen LogP contribution in [0.5, 0.6) is 5.75 Å². The summed E-state index contributed by atoms with van der Waals surface area (Å²) in [5.74, 6) is -1.58. The van der Waals surface area contributed by atoms with Gasteiger partial charge in [-0.15, -0.1) is 0 Å². The highest BCUT2D eigenvalue weighted by atomic mass is 35.5. The lowest BCUT2D eigenvalue weighted by Gasteiger charge is -2.29. The van der Waals surface area contributed by atoms with Gasteiger partial charge in [-0.3, -0.25) is 19.4 Å². The maximum absolute atomic E-state index is 13.9. The highest BCUT2D eigenvalue weighted by molar-refractivity contribution is 6.31. The van der Waals surface area contributed by atoms with Crippen molar-refractivity contribution in [2.24, 2.45) is 0 Å². The van der Waals surface area contributed by atoms with E-state index >= 15 is 0 Å². The van der Waals surface area contributed by atoms with Crippen molar-refractivity contribution in [3.05, 3.63) is 70.0 Å². The molecule has 0 atom stereocenters. The van der Waals surface area contributed by atoms with Gasteiger partial charge in [0.05, 0.1) is 5.02 Å². The van der Waals surface area contributed by atoms with Gasteiger partial charge in [0, 0.05) is 25.2 Å². The zero-order valence-corrected chi connectivity index (χ0v) is 15.9. The number of carbonyl (C=O) groups is 3. The molecule has 0 bridgehead atoms. The Morgan fingerprint density at radius 3 is 2.29 bits per heavy atom. The second-order valence-electron chi connectivity index (χ2n) is 6.10. The molecule has 0 N–H and O–H groups in total. The summed E-state index contributed by atoms with van der Waals surface area (Å²) in [6, 6.07) is 10.3. The summed E-state index contributed by atoms with van der Waals surface area (Å²) < 4.78 is 19.6. The standard InChI is InChI=1S/C20H16ClFN2O4/c1-23-18(25)13(19(26)24(2)20(23)27)10-12-6-3-4-9-17(12)28-11-14-15(21)7-5-8-16(14)22/h3-10H,11H2,1-2H3. The quantitative estimate of drug-likeness (QED) is 0.580. The van der Waals surface area contributed by atoms with Gasteiger partial charge in [0.1, 0.15) is 23.7 Å². The first kappa shape index (κ1) is 19.6. The van der Waals surface area contributed by atoms with Gasteiger partial charge in [-0.2, -0.15) is 0 Å². The number of barbiturate groups is 1. The van der Waals surface area contributed by atoms with Gasteiger partial charge >= 0.3 is 6.03 Å². The number of rotatable bonds is 4. The van der Waals surface area contributed by atoms with Crippen molar-refractivity contribution in [3.8, 4) is 5.75 Å². The SMILES string of the molecule is CN1C(=O)C(=Cc2ccccc2OCc2c(F)cccc2Cl)C(=O)N(C)C1=O. The second kappa shape index (κ2) is 7.82. The summed E-state index contributed by atoms with van der Waals surface area (Å²) in [6.07, 6.45) is 1.35. The van der Waals surface area contributed by atoms with E-state index < -0.39 is 23.7 Å². The van der Waals surface area contributed by atoms with Crippen molar-refractivity contribution in [1.82, 2.24) is 9.80 Å². The number of amides is 4. The van der Waals surface area contributed by atoms with Crippen molar-refractivity contribution in [2.75, 3.05) is 14.1 Å². The number of hydrogen-bond acceptors (Lipinski definition) is 4. The molecule has 0 saturated carbocycles. The van der Waals surface area contributed by atoms with Crippen molar-refractivity contribution in [3.63, 3.8) is 0 Å². The molecule has 2 aromatic carbocycles. The molecular formula is C20H16ClFN2O4. The maximum Gasteiger partial charge on any atom is 0.333 e. The van der Waals surface area contributed by atoms with E-state index in [4.69, 9.17) is 16.3 Å². The number of likely N-dealkylation sites (N-methyl/N-ethyl adjacent to an activating group) is 2. The molecule has 0 spiro atoms. The molecule has 6 nitrogen and oxygen atoms in total. The van der Waals surface area contributed by atoms with E-state index in [9.17, 15) is 18.8 Å². The Labute approximate surface area is 165 Å². The third-order valence-electron chi connectivity index (χ3n) is 4.30. The topological polar surface area (TPSA) is 66.9 Å². The molecule has 8 heteroatoms.